The molecular weight excluding hydrogens is 250 g/mol. The zero-order chi connectivity index (χ0) is 15.0. The molecule has 20 heavy (non-hydrogen) atoms. The van der Waals surface area contributed by atoms with E-state index in [0.29, 0.717) is 6.04 Å². The summed E-state index contributed by atoms with van der Waals surface area (Å²) in [5, 5.41) is 3.26. The van der Waals surface area contributed by atoms with Crippen molar-refractivity contribution in [3.05, 3.63) is 0 Å². The maximum atomic E-state index is 12.5. The van der Waals surface area contributed by atoms with Gasteiger partial charge in [-0.2, -0.15) is 0 Å². The lowest BCUT2D eigenvalue weighted by molar-refractivity contribution is -0.131. The quantitative estimate of drug-likeness (QED) is 0.812. The second kappa shape index (κ2) is 5.64. The van der Waals surface area contributed by atoms with Gasteiger partial charge in [0.2, 0.25) is 5.91 Å². The molecular formula is C16H31N3O. The van der Waals surface area contributed by atoms with Gasteiger partial charge in [0.05, 0.1) is 5.41 Å². The molecule has 2 fully saturated rings. The number of rotatable bonds is 2. The van der Waals surface area contributed by atoms with E-state index in [1.54, 1.807) is 0 Å². The summed E-state index contributed by atoms with van der Waals surface area (Å²) in [4.78, 5) is 15.0. The molecule has 0 bridgehead atoms. The average Bonchev–Trinajstić information content (AvgIpc) is 2.70. The van der Waals surface area contributed by atoms with Crippen LogP contribution in [-0.2, 0) is 4.79 Å². The third-order valence-corrected chi connectivity index (χ3v) is 5.33. The molecule has 1 saturated heterocycles. The van der Waals surface area contributed by atoms with Gasteiger partial charge in [-0.3, -0.25) is 9.69 Å². The number of nitrogens with zero attached hydrogens (tertiary/aromatic N) is 1. The molecule has 2 rings (SSSR count). The van der Waals surface area contributed by atoms with Gasteiger partial charge < -0.3 is 11.1 Å². The van der Waals surface area contributed by atoms with Crippen LogP contribution in [0, 0.1) is 5.41 Å². The van der Waals surface area contributed by atoms with E-state index in [1.807, 2.05) is 6.92 Å². The molecule has 1 heterocycles. The van der Waals surface area contributed by atoms with Crippen LogP contribution in [0.1, 0.15) is 59.8 Å². The highest BCUT2D eigenvalue weighted by Crippen LogP contribution is 2.37. The molecule has 116 valence electrons. The van der Waals surface area contributed by atoms with E-state index in [-0.39, 0.29) is 22.9 Å². The van der Waals surface area contributed by atoms with Gasteiger partial charge in [-0.05, 0) is 53.4 Å². The average molecular weight is 281 g/mol. The third kappa shape index (κ3) is 3.17. The molecule has 4 nitrogen and oxygen atoms in total. The SMILES string of the molecule is CC1(C(=O)NC2CCN(C(C)(C)C)CC2)CCCC1N. The topological polar surface area (TPSA) is 58.4 Å². The summed E-state index contributed by atoms with van der Waals surface area (Å²) in [5.41, 5.74) is 6.01. The second-order valence-electron chi connectivity index (χ2n) is 7.82. The molecule has 0 aromatic heterocycles. The lowest BCUT2D eigenvalue weighted by atomic mass is 9.83. The van der Waals surface area contributed by atoms with Crippen molar-refractivity contribution in [3.63, 3.8) is 0 Å². The van der Waals surface area contributed by atoms with Gasteiger partial charge in [0.1, 0.15) is 0 Å². The van der Waals surface area contributed by atoms with E-state index in [1.165, 1.54) is 0 Å². The fraction of sp³-hybridized carbons (Fsp3) is 0.938. The predicted octanol–water partition coefficient (Wildman–Crippen LogP) is 1.88. The highest BCUT2D eigenvalue weighted by Gasteiger charge is 2.43. The minimum atomic E-state index is -0.346. The van der Waals surface area contributed by atoms with E-state index in [9.17, 15) is 4.79 Å². The van der Waals surface area contributed by atoms with E-state index in [4.69, 9.17) is 5.73 Å². The van der Waals surface area contributed by atoms with Crippen LogP contribution in [0.15, 0.2) is 0 Å². The lowest BCUT2D eigenvalue weighted by Crippen LogP contribution is -2.54. The summed E-state index contributed by atoms with van der Waals surface area (Å²) in [6.07, 6.45) is 5.09. The summed E-state index contributed by atoms with van der Waals surface area (Å²) in [6, 6.07) is 0.350. The summed E-state index contributed by atoms with van der Waals surface area (Å²) in [5.74, 6) is 0.178. The van der Waals surface area contributed by atoms with Crippen LogP contribution >= 0.6 is 0 Å². The van der Waals surface area contributed by atoms with Crippen molar-refractivity contribution >= 4 is 5.91 Å². The first-order valence-electron chi connectivity index (χ1n) is 8.05. The summed E-state index contributed by atoms with van der Waals surface area (Å²) in [7, 11) is 0. The van der Waals surface area contributed by atoms with Crippen LogP contribution in [0.3, 0.4) is 0 Å². The first-order chi connectivity index (χ1) is 9.23. The van der Waals surface area contributed by atoms with Gasteiger partial charge in [0, 0.05) is 30.7 Å². The molecule has 1 aliphatic carbocycles. The van der Waals surface area contributed by atoms with Gasteiger partial charge in [-0.25, -0.2) is 0 Å². The maximum absolute atomic E-state index is 12.5. The Morgan fingerprint density at radius 1 is 1.25 bits per heavy atom. The van der Waals surface area contributed by atoms with Gasteiger partial charge in [-0.1, -0.05) is 6.42 Å². The number of nitrogens with one attached hydrogen (secondary N) is 1. The number of hydrogen-bond acceptors (Lipinski definition) is 3. The van der Waals surface area contributed by atoms with E-state index < -0.39 is 0 Å². The van der Waals surface area contributed by atoms with Gasteiger partial charge in [-0.15, -0.1) is 0 Å². The van der Waals surface area contributed by atoms with Crippen molar-refractivity contribution in [3.8, 4) is 0 Å². The molecule has 0 aromatic carbocycles. The third-order valence-electron chi connectivity index (χ3n) is 5.33. The maximum Gasteiger partial charge on any atom is 0.227 e. The van der Waals surface area contributed by atoms with Gasteiger partial charge in [0.15, 0.2) is 0 Å². The number of carbonyl (C=O) groups is 1. The van der Waals surface area contributed by atoms with Gasteiger partial charge in [0.25, 0.3) is 0 Å². The molecule has 2 aliphatic rings. The van der Waals surface area contributed by atoms with E-state index in [0.717, 1.165) is 45.2 Å². The van der Waals surface area contributed by atoms with E-state index >= 15 is 0 Å². The number of carbonyl (C=O) groups excluding carboxylic acids is 1. The molecule has 1 saturated carbocycles. The number of piperidine rings is 1. The minimum Gasteiger partial charge on any atom is -0.353 e. The molecule has 1 aliphatic heterocycles. The van der Waals surface area contributed by atoms with Gasteiger partial charge >= 0.3 is 0 Å². The molecule has 2 unspecified atom stereocenters. The van der Waals surface area contributed by atoms with Crippen molar-refractivity contribution in [2.45, 2.75) is 77.4 Å². The molecule has 2 atom stereocenters. The Labute approximate surface area is 123 Å². The van der Waals surface area contributed by atoms with Crippen LogP contribution in [0.25, 0.3) is 0 Å². The molecule has 3 N–H and O–H groups in total. The summed E-state index contributed by atoms with van der Waals surface area (Å²) in [6.45, 7) is 10.9. The Morgan fingerprint density at radius 3 is 2.30 bits per heavy atom. The van der Waals surface area contributed by atoms with Crippen molar-refractivity contribution in [2.24, 2.45) is 11.1 Å². The standard InChI is InChI=1S/C16H31N3O/c1-15(2,3)19-10-7-12(8-11-19)18-14(20)16(4)9-5-6-13(16)17/h12-13H,5-11,17H2,1-4H3,(H,18,20). The van der Waals surface area contributed by atoms with Crippen molar-refractivity contribution in [1.82, 2.24) is 10.2 Å². The fourth-order valence-electron chi connectivity index (χ4n) is 3.52. The largest absolute Gasteiger partial charge is 0.353 e. The molecule has 0 aromatic rings. The van der Waals surface area contributed by atoms with Crippen LogP contribution in [0.2, 0.25) is 0 Å². The Bertz CT molecular complexity index is 355. The number of likely N-dealkylation sites (tertiary alicyclic amines) is 1. The highest BCUT2D eigenvalue weighted by atomic mass is 16.2. The number of nitrogens with two attached hydrogens (primary N) is 1. The summed E-state index contributed by atoms with van der Waals surface area (Å²) >= 11 is 0. The Balaban J connectivity index is 1.85. The predicted molar refractivity (Wildman–Crippen MR) is 82.4 cm³/mol. The Morgan fingerprint density at radius 2 is 1.85 bits per heavy atom. The monoisotopic (exact) mass is 281 g/mol. The Hall–Kier alpha value is -0.610. The normalized spacial score (nSPS) is 33.4. The fourth-order valence-corrected chi connectivity index (χ4v) is 3.52. The molecule has 1 amide bonds. The van der Waals surface area contributed by atoms with E-state index in [2.05, 4.69) is 31.0 Å². The highest BCUT2D eigenvalue weighted by molar-refractivity contribution is 5.83. The van der Waals surface area contributed by atoms with Crippen LogP contribution in [-0.4, -0.2) is 41.5 Å². The van der Waals surface area contributed by atoms with Crippen LogP contribution in [0.5, 0.6) is 0 Å². The lowest BCUT2D eigenvalue weighted by Gasteiger charge is -2.41. The minimum absolute atomic E-state index is 0.0252. The summed E-state index contributed by atoms with van der Waals surface area (Å²) < 4.78 is 0. The van der Waals surface area contributed by atoms with Crippen molar-refractivity contribution in [1.29, 1.82) is 0 Å². The molecule has 0 radical (unpaired) electrons. The Kier molecular flexibility index (Phi) is 4.45. The second-order valence-corrected chi connectivity index (χ2v) is 7.82. The zero-order valence-corrected chi connectivity index (χ0v) is 13.5. The van der Waals surface area contributed by atoms with Crippen molar-refractivity contribution < 1.29 is 4.79 Å². The van der Waals surface area contributed by atoms with Crippen LogP contribution in [0.4, 0.5) is 0 Å². The van der Waals surface area contributed by atoms with Crippen molar-refractivity contribution in [2.75, 3.05) is 13.1 Å². The molecule has 4 heteroatoms. The van der Waals surface area contributed by atoms with Crippen LogP contribution < -0.4 is 11.1 Å². The number of amides is 1. The smallest absolute Gasteiger partial charge is 0.227 e. The molecule has 0 spiro atoms. The first-order valence-corrected chi connectivity index (χ1v) is 8.05. The zero-order valence-electron chi connectivity index (χ0n) is 13.5. The first kappa shape index (κ1) is 15.8. The number of hydrogen-bond donors (Lipinski definition) is 2.